The van der Waals surface area contributed by atoms with Crippen LogP contribution >= 0.6 is 0 Å². The average Bonchev–Trinajstić information content (AvgIpc) is 3.30. The van der Waals surface area contributed by atoms with E-state index < -0.39 is 37.3 Å². The van der Waals surface area contributed by atoms with Gasteiger partial charge in [0.25, 0.3) is 0 Å². The number of aliphatic hydroxyl groups is 4. The van der Waals surface area contributed by atoms with E-state index in [-0.39, 0.29) is 11.5 Å². The highest BCUT2D eigenvalue weighted by Crippen LogP contribution is 2.67. The van der Waals surface area contributed by atoms with E-state index in [1.807, 2.05) is 0 Å². The van der Waals surface area contributed by atoms with Crippen LogP contribution in [0.5, 0.6) is 0 Å². The Balaban J connectivity index is 1.24. The summed E-state index contributed by atoms with van der Waals surface area (Å²) < 4.78 is 11.9. The summed E-state index contributed by atoms with van der Waals surface area (Å²) in [5, 5.41) is 40.4. The van der Waals surface area contributed by atoms with E-state index >= 15 is 0 Å². The minimum Gasteiger partial charge on any atom is -0.394 e. The smallest absolute Gasteiger partial charge is 0.186 e. The fraction of sp³-hybridized carbons (Fsp3) is 0.943. The van der Waals surface area contributed by atoms with Crippen molar-refractivity contribution in [3.63, 3.8) is 0 Å². The number of hydrogen-bond donors (Lipinski definition) is 4. The molecule has 3 saturated carbocycles. The molecule has 4 fully saturated rings. The highest BCUT2D eigenvalue weighted by atomic mass is 16.7. The molecule has 0 aromatic carbocycles. The van der Waals surface area contributed by atoms with Gasteiger partial charge in [0.05, 0.1) is 12.7 Å². The van der Waals surface area contributed by atoms with Gasteiger partial charge in [0.2, 0.25) is 0 Å². The van der Waals surface area contributed by atoms with Gasteiger partial charge in [-0.3, -0.25) is 0 Å². The molecule has 5 aliphatic rings. The first kappa shape index (κ1) is 31.9. The fourth-order valence-corrected chi connectivity index (χ4v) is 10.8. The first-order valence-electron chi connectivity index (χ1n) is 17.1. The summed E-state index contributed by atoms with van der Waals surface area (Å²) in [7, 11) is 0. The number of aliphatic hydroxyl groups excluding tert-OH is 4. The first-order valence-corrected chi connectivity index (χ1v) is 17.1. The van der Waals surface area contributed by atoms with Crippen molar-refractivity contribution in [2.45, 2.75) is 149 Å². The average molecular weight is 577 g/mol. The summed E-state index contributed by atoms with van der Waals surface area (Å²) >= 11 is 0. The molecular formula is C35H60O6. The maximum Gasteiger partial charge on any atom is 0.186 e. The molecule has 0 amide bonds. The second-order valence-corrected chi connectivity index (χ2v) is 15.7. The van der Waals surface area contributed by atoms with Crippen LogP contribution in [0, 0.1) is 52.3 Å². The maximum absolute atomic E-state index is 10.5. The van der Waals surface area contributed by atoms with Crippen molar-refractivity contribution >= 4 is 0 Å². The summed E-state index contributed by atoms with van der Waals surface area (Å²) in [6.45, 7) is 14.5. The van der Waals surface area contributed by atoms with Gasteiger partial charge in [-0.25, -0.2) is 0 Å². The molecule has 1 saturated heterocycles. The third-order valence-corrected chi connectivity index (χ3v) is 13.5. The van der Waals surface area contributed by atoms with Gasteiger partial charge in [-0.05, 0) is 110 Å². The van der Waals surface area contributed by atoms with Crippen LogP contribution in [-0.2, 0) is 9.47 Å². The van der Waals surface area contributed by atoms with Gasteiger partial charge in [0, 0.05) is 0 Å². The summed E-state index contributed by atoms with van der Waals surface area (Å²) in [5.41, 5.74) is 2.19. The lowest BCUT2D eigenvalue weighted by Gasteiger charge is -2.58. The second-order valence-electron chi connectivity index (χ2n) is 15.7. The maximum atomic E-state index is 10.5. The summed E-state index contributed by atoms with van der Waals surface area (Å²) in [6.07, 6.45) is 9.92. The van der Waals surface area contributed by atoms with E-state index in [2.05, 4.69) is 47.6 Å². The minimum atomic E-state index is -1.40. The largest absolute Gasteiger partial charge is 0.394 e. The Morgan fingerprint density at radius 3 is 2.39 bits per heavy atom. The van der Waals surface area contributed by atoms with Gasteiger partial charge in [-0.15, -0.1) is 0 Å². The van der Waals surface area contributed by atoms with Crippen molar-refractivity contribution in [2.24, 2.45) is 52.3 Å². The van der Waals surface area contributed by atoms with Crippen molar-refractivity contribution in [1.29, 1.82) is 0 Å². The molecular weight excluding hydrogens is 516 g/mol. The molecule has 236 valence electrons. The topological polar surface area (TPSA) is 99.4 Å². The van der Waals surface area contributed by atoms with Crippen LogP contribution in [0.25, 0.3) is 0 Å². The number of ether oxygens (including phenoxy) is 2. The van der Waals surface area contributed by atoms with Crippen LogP contribution in [0.15, 0.2) is 11.6 Å². The first-order chi connectivity index (χ1) is 19.4. The molecule has 5 rings (SSSR count). The van der Waals surface area contributed by atoms with Gasteiger partial charge in [0.1, 0.15) is 24.4 Å². The predicted molar refractivity (Wildman–Crippen MR) is 161 cm³/mol. The van der Waals surface area contributed by atoms with Gasteiger partial charge in [-0.2, -0.15) is 0 Å². The molecule has 14 atom stereocenters. The molecule has 3 unspecified atom stereocenters. The minimum absolute atomic E-state index is 0.101. The Bertz CT molecular complexity index is 918. The van der Waals surface area contributed by atoms with Crippen LogP contribution < -0.4 is 0 Å². The third kappa shape index (κ3) is 5.73. The molecule has 1 heterocycles. The molecule has 4 N–H and O–H groups in total. The molecule has 0 spiro atoms. The lowest BCUT2D eigenvalue weighted by atomic mass is 9.47. The Morgan fingerprint density at radius 1 is 0.951 bits per heavy atom. The standard InChI is InChI=1S/C35H60O6/c1-7-22(20(2)3)9-8-21(4)26-12-13-27-25-11-10-23-18-24(14-16-34(23,5)28(25)15-17-35(26,27)6)40-33-32(39)31(38)30(37)29(19-36)41-33/h10,20-22,24-33,36-39H,7-9,11-19H2,1-6H3/t21-,22+,24+,25+,26-,27+,28+,29?,30-,31?,32?,33-,34+,35-/m1/s1. The van der Waals surface area contributed by atoms with Gasteiger partial charge in [-0.1, -0.05) is 66.0 Å². The number of allylic oxidation sites excluding steroid dienone is 1. The second kappa shape index (κ2) is 12.5. The van der Waals surface area contributed by atoms with Crippen LogP contribution in [0.2, 0.25) is 0 Å². The summed E-state index contributed by atoms with van der Waals surface area (Å²) in [6, 6.07) is 0. The third-order valence-electron chi connectivity index (χ3n) is 13.5. The van der Waals surface area contributed by atoms with E-state index in [0.29, 0.717) is 5.41 Å². The van der Waals surface area contributed by atoms with Crippen molar-refractivity contribution in [3.8, 4) is 0 Å². The van der Waals surface area contributed by atoms with Crippen LogP contribution in [-0.4, -0.2) is 63.8 Å². The Labute approximate surface area is 249 Å². The highest BCUT2D eigenvalue weighted by Gasteiger charge is 2.59. The van der Waals surface area contributed by atoms with Crippen molar-refractivity contribution in [1.82, 2.24) is 0 Å². The van der Waals surface area contributed by atoms with E-state index in [0.717, 1.165) is 60.7 Å². The van der Waals surface area contributed by atoms with E-state index in [9.17, 15) is 20.4 Å². The van der Waals surface area contributed by atoms with Gasteiger partial charge < -0.3 is 29.9 Å². The lowest BCUT2D eigenvalue weighted by Crippen LogP contribution is -2.60. The molecule has 41 heavy (non-hydrogen) atoms. The van der Waals surface area contributed by atoms with Crippen LogP contribution in [0.3, 0.4) is 0 Å². The van der Waals surface area contributed by atoms with Crippen molar-refractivity contribution in [3.05, 3.63) is 11.6 Å². The molecule has 1 aliphatic heterocycles. The molecule has 6 nitrogen and oxygen atoms in total. The SMILES string of the molecule is CC[C@@H](CC[C@@H](C)[C@H]1CC[C@H]2[C@@H]3CC=C4C[C@@H](O[C@@H]5OC(CO)[C@@H](O)C(O)C5O)CC[C@]4(C)[C@H]3CC[C@]12C)C(C)C. The number of hydrogen-bond acceptors (Lipinski definition) is 6. The van der Waals surface area contributed by atoms with Crippen molar-refractivity contribution in [2.75, 3.05) is 6.61 Å². The van der Waals surface area contributed by atoms with E-state index in [4.69, 9.17) is 9.47 Å². The van der Waals surface area contributed by atoms with Crippen molar-refractivity contribution < 1.29 is 29.9 Å². The molecule has 4 aliphatic carbocycles. The normalized spacial score (nSPS) is 47.7. The summed E-state index contributed by atoms with van der Waals surface area (Å²) in [5.74, 6) is 5.66. The molecule has 0 radical (unpaired) electrons. The zero-order valence-electron chi connectivity index (χ0n) is 26.7. The zero-order chi connectivity index (χ0) is 29.7. The van der Waals surface area contributed by atoms with E-state index in [1.54, 1.807) is 0 Å². The zero-order valence-corrected chi connectivity index (χ0v) is 26.7. The Kier molecular flexibility index (Phi) is 9.71. The van der Waals surface area contributed by atoms with Gasteiger partial charge >= 0.3 is 0 Å². The Morgan fingerprint density at radius 2 is 1.71 bits per heavy atom. The summed E-state index contributed by atoms with van der Waals surface area (Å²) in [4.78, 5) is 0. The number of fused-ring (bicyclic) bond motifs is 5. The lowest BCUT2D eigenvalue weighted by molar-refractivity contribution is -0.313. The number of rotatable bonds is 9. The fourth-order valence-electron chi connectivity index (χ4n) is 10.8. The quantitative estimate of drug-likeness (QED) is 0.257. The monoisotopic (exact) mass is 576 g/mol. The van der Waals surface area contributed by atoms with Crippen LogP contribution in [0.1, 0.15) is 112 Å². The predicted octanol–water partition coefficient (Wildman–Crippen LogP) is 5.85. The Hall–Kier alpha value is -0.500. The molecule has 6 heteroatoms. The van der Waals surface area contributed by atoms with Crippen LogP contribution in [0.4, 0.5) is 0 Å². The molecule has 0 bridgehead atoms. The highest BCUT2D eigenvalue weighted by molar-refractivity contribution is 5.25. The molecule has 0 aromatic heterocycles. The van der Waals surface area contributed by atoms with E-state index in [1.165, 1.54) is 56.9 Å². The molecule has 0 aromatic rings. The van der Waals surface area contributed by atoms with Gasteiger partial charge in [0.15, 0.2) is 6.29 Å².